The van der Waals surface area contributed by atoms with Gasteiger partial charge < -0.3 is 28.8 Å². The minimum absolute atomic E-state index is 0.0105. The van der Waals surface area contributed by atoms with Gasteiger partial charge in [-0.2, -0.15) is 0 Å². The van der Waals surface area contributed by atoms with Crippen molar-refractivity contribution in [2.75, 3.05) is 40.9 Å². The van der Waals surface area contributed by atoms with Crippen molar-refractivity contribution < 1.29 is 32.9 Å². The quantitative estimate of drug-likeness (QED) is 0.0272. The Labute approximate surface area is 446 Å². The highest BCUT2D eigenvalue weighted by Crippen LogP contribution is 2.38. The van der Waals surface area contributed by atoms with Gasteiger partial charge in [0, 0.05) is 6.42 Å². The topological polar surface area (TPSA) is 108 Å². The Hall–Kier alpha value is -2.32. The smallest absolute Gasteiger partial charge is 0.268 e. The van der Waals surface area contributed by atoms with E-state index in [1.165, 1.54) is 148 Å². The van der Waals surface area contributed by atoms with Crippen LogP contribution in [0.1, 0.15) is 258 Å². The lowest BCUT2D eigenvalue weighted by Crippen LogP contribution is -2.45. The first-order valence-electron chi connectivity index (χ1n) is 29.9. The summed E-state index contributed by atoms with van der Waals surface area (Å²) < 4.78 is 23.4. The first-order valence-corrected chi connectivity index (χ1v) is 31.4. The van der Waals surface area contributed by atoms with E-state index in [2.05, 4.69) is 92.1 Å². The summed E-state index contributed by atoms with van der Waals surface area (Å²) in [6.45, 7) is 4.53. The second-order valence-electron chi connectivity index (χ2n) is 21.3. The van der Waals surface area contributed by atoms with E-state index < -0.39 is 26.6 Å². The summed E-state index contributed by atoms with van der Waals surface area (Å²) in [6, 6.07) is -0.907. The number of carbonyl (C=O) groups excluding carboxylic acids is 1. The minimum atomic E-state index is -4.61. The van der Waals surface area contributed by atoms with Crippen LogP contribution in [0.2, 0.25) is 0 Å². The highest BCUT2D eigenvalue weighted by atomic mass is 31.2. The van der Waals surface area contributed by atoms with Crippen LogP contribution in [0.5, 0.6) is 0 Å². The van der Waals surface area contributed by atoms with Crippen LogP contribution in [0.4, 0.5) is 0 Å². The average Bonchev–Trinajstić information content (AvgIpc) is 3.34. The Balaban J connectivity index is 4.26. The van der Waals surface area contributed by atoms with E-state index in [1.807, 2.05) is 27.2 Å². The third-order valence-electron chi connectivity index (χ3n) is 13.1. The monoisotopic (exact) mass is 1030 g/mol. The molecule has 3 unspecified atom stereocenters. The van der Waals surface area contributed by atoms with E-state index in [0.29, 0.717) is 17.4 Å². The highest BCUT2D eigenvalue weighted by Gasteiger charge is 2.23. The van der Waals surface area contributed by atoms with Gasteiger partial charge in [0.15, 0.2) is 0 Å². The fourth-order valence-corrected chi connectivity index (χ4v) is 9.17. The average molecular weight is 1030 g/mol. The molecule has 72 heavy (non-hydrogen) atoms. The zero-order chi connectivity index (χ0) is 52.7. The molecule has 0 radical (unpaired) electrons. The molecule has 3 atom stereocenters. The maximum Gasteiger partial charge on any atom is 0.268 e. The lowest BCUT2D eigenvalue weighted by molar-refractivity contribution is -0.870. The van der Waals surface area contributed by atoms with Crippen molar-refractivity contribution in [2.24, 2.45) is 0 Å². The number of quaternary nitrogens is 1. The number of aliphatic hydroxyl groups excluding tert-OH is 1. The molecule has 0 heterocycles. The Morgan fingerprint density at radius 2 is 0.847 bits per heavy atom. The van der Waals surface area contributed by atoms with Crippen molar-refractivity contribution in [3.05, 3.63) is 85.1 Å². The highest BCUT2D eigenvalue weighted by molar-refractivity contribution is 7.45. The number of likely N-dealkylation sites (N-methyl/N-ethyl adjacent to an activating group) is 1. The SMILES string of the molecule is CC/C=C\C/C=C\C/C=C\C/C=C\C/C=C\C/C=C\CCCCCCC(=O)NC(COP(=O)([O-])OCC[N+](C)(C)C)C(O)/C=C/CCCCCCCCCCCCCCCCCCCCCCCCCCC. The number of allylic oxidation sites excluding steroid dienone is 13. The van der Waals surface area contributed by atoms with Crippen molar-refractivity contribution >= 4 is 13.7 Å². The molecule has 0 spiro atoms. The third kappa shape index (κ3) is 55.4. The number of carbonyl (C=O) groups is 1. The van der Waals surface area contributed by atoms with E-state index in [9.17, 15) is 19.4 Å². The van der Waals surface area contributed by atoms with Gasteiger partial charge >= 0.3 is 0 Å². The summed E-state index contributed by atoms with van der Waals surface area (Å²) in [5, 5.41) is 13.9. The van der Waals surface area contributed by atoms with E-state index in [1.54, 1.807) is 6.08 Å². The molecule has 0 bridgehead atoms. The molecule has 0 aromatic rings. The number of phosphoric ester groups is 1. The van der Waals surface area contributed by atoms with Crippen LogP contribution in [0.3, 0.4) is 0 Å². The standard InChI is InChI=1S/C63H115N2O6P/c1-6-8-10-12-14-16-18-20-22-24-26-28-30-31-32-33-35-36-38-40-42-44-46-48-50-52-54-56-62(66)61(60-71-72(68,69)70-59-58-65(3,4)5)64-63(67)57-55-53-51-49-47-45-43-41-39-37-34-29-27-25-23-21-19-17-15-13-11-9-7-2/h9,11,15,17,21,23,27,29,37,39,43,45,54,56,61-62,66H,6-8,10,12-14,16,18-20,22,24-26,28,30-36,38,40-42,44,46-53,55,57-60H2,1-5H3,(H-,64,67,68,69)/b11-9-,17-15-,23-21-,29-27-,39-37-,45-43-,56-54+. The number of phosphoric acid groups is 1. The molecule has 8 nitrogen and oxygen atoms in total. The Bertz CT molecular complexity index is 1450. The molecule has 0 fully saturated rings. The molecule has 0 aromatic heterocycles. The summed E-state index contributed by atoms with van der Waals surface area (Å²) in [4.78, 5) is 25.5. The molecule has 1 amide bonds. The number of amides is 1. The summed E-state index contributed by atoms with van der Waals surface area (Å²) in [5.41, 5.74) is 0. The predicted octanol–water partition coefficient (Wildman–Crippen LogP) is 17.8. The summed E-state index contributed by atoms with van der Waals surface area (Å²) in [6.07, 6.45) is 75.2. The lowest BCUT2D eigenvalue weighted by Gasteiger charge is -2.29. The number of nitrogens with one attached hydrogen (secondary N) is 1. The molecule has 0 rings (SSSR count). The molecule has 0 aromatic carbocycles. The predicted molar refractivity (Wildman–Crippen MR) is 311 cm³/mol. The van der Waals surface area contributed by atoms with Crippen molar-refractivity contribution in [2.45, 2.75) is 270 Å². The number of unbranched alkanes of at least 4 members (excludes halogenated alkanes) is 29. The van der Waals surface area contributed by atoms with Gasteiger partial charge in [-0.15, -0.1) is 0 Å². The van der Waals surface area contributed by atoms with Gasteiger partial charge in [0.1, 0.15) is 13.2 Å². The lowest BCUT2D eigenvalue weighted by atomic mass is 10.0. The van der Waals surface area contributed by atoms with Crippen molar-refractivity contribution in [1.29, 1.82) is 0 Å². The van der Waals surface area contributed by atoms with Crippen LogP contribution < -0.4 is 10.2 Å². The number of rotatable bonds is 54. The van der Waals surface area contributed by atoms with Gasteiger partial charge in [0.2, 0.25) is 5.91 Å². The number of hydrogen-bond acceptors (Lipinski definition) is 6. The molecule has 2 N–H and O–H groups in total. The molecule has 418 valence electrons. The summed E-state index contributed by atoms with van der Waals surface area (Å²) >= 11 is 0. The summed E-state index contributed by atoms with van der Waals surface area (Å²) in [7, 11) is 1.24. The van der Waals surface area contributed by atoms with Crippen LogP contribution in [0, 0.1) is 0 Å². The maximum absolute atomic E-state index is 13.0. The fourth-order valence-electron chi connectivity index (χ4n) is 8.45. The number of nitrogens with zero attached hydrogens (tertiary/aromatic N) is 1. The first kappa shape index (κ1) is 69.7. The van der Waals surface area contributed by atoms with Crippen LogP contribution >= 0.6 is 7.82 Å². The molecule has 0 saturated carbocycles. The second-order valence-corrected chi connectivity index (χ2v) is 22.7. The minimum Gasteiger partial charge on any atom is -0.756 e. The van der Waals surface area contributed by atoms with E-state index in [0.717, 1.165) is 89.9 Å². The van der Waals surface area contributed by atoms with Gasteiger partial charge in [-0.1, -0.05) is 266 Å². The van der Waals surface area contributed by atoms with E-state index in [-0.39, 0.29) is 12.5 Å². The van der Waals surface area contributed by atoms with E-state index in [4.69, 9.17) is 9.05 Å². The largest absolute Gasteiger partial charge is 0.756 e. The van der Waals surface area contributed by atoms with Gasteiger partial charge in [-0.05, 0) is 70.6 Å². The molecule has 0 saturated heterocycles. The first-order chi connectivity index (χ1) is 35.0. The molecule has 0 aliphatic rings. The maximum atomic E-state index is 13.0. The Kier molecular flexibility index (Phi) is 51.8. The van der Waals surface area contributed by atoms with Crippen LogP contribution in [-0.4, -0.2) is 68.5 Å². The van der Waals surface area contributed by atoms with Crippen molar-refractivity contribution in [3.8, 4) is 0 Å². The molecule has 0 aliphatic carbocycles. The van der Waals surface area contributed by atoms with Gasteiger partial charge in [0.05, 0.1) is 39.9 Å². The van der Waals surface area contributed by atoms with Crippen LogP contribution in [0.15, 0.2) is 85.1 Å². The zero-order valence-electron chi connectivity index (χ0n) is 47.6. The van der Waals surface area contributed by atoms with Crippen molar-refractivity contribution in [3.63, 3.8) is 0 Å². The van der Waals surface area contributed by atoms with Gasteiger partial charge in [-0.25, -0.2) is 0 Å². The molecular weight excluding hydrogens is 912 g/mol. The number of hydrogen-bond donors (Lipinski definition) is 2. The summed E-state index contributed by atoms with van der Waals surface area (Å²) in [5.74, 6) is -0.222. The number of aliphatic hydroxyl groups is 1. The molecule has 0 aliphatic heterocycles. The molecular formula is C63H115N2O6P. The zero-order valence-corrected chi connectivity index (χ0v) is 48.5. The fraction of sp³-hybridized carbons (Fsp3) is 0.762. The second kappa shape index (κ2) is 53.5. The van der Waals surface area contributed by atoms with Gasteiger partial charge in [0.25, 0.3) is 7.82 Å². The van der Waals surface area contributed by atoms with E-state index >= 15 is 0 Å². The third-order valence-corrected chi connectivity index (χ3v) is 14.1. The van der Waals surface area contributed by atoms with Gasteiger partial charge in [-0.3, -0.25) is 9.36 Å². The Morgan fingerprint density at radius 1 is 0.500 bits per heavy atom. The van der Waals surface area contributed by atoms with Crippen molar-refractivity contribution in [1.82, 2.24) is 5.32 Å². The normalized spacial score (nSPS) is 14.5. The van der Waals surface area contributed by atoms with Crippen LogP contribution in [-0.2, 0) is 18.4 Å². The van der Waals surface area contributed by atoms with Crippen LogP contribution in [0.25, 0.3) is 0 Å². The molecule has 9 heteroatoms. The Morgan fingerprint density at radius 3 is 1.24 bits per heavy atom.